The van der Waals surface area contributed by atoms with Crippen LogP contribution in [0.1, 0.15) is 50.7 Å². The highest BCUT2D eigenvalue weighted by Crippen LogP contribution is 2.36. The minimum Gasteiger partial charge on any atom is -0.356 e. The minimum atomic E-state index is -4.43. The molecule has 1 aromatic carbocycles. The third kappa shape index (κ3) is 4.99. The Morgan fingerprint density at radius 3 is 2.69 bits per heavy atom. The van der Waals surface area contributed by atoms with E-state index in [9.17, 15) is 22.8 Å². The molecule has 1 unspecified atom stereocenters. The van der Waals surface area contributed by atoms with Crippen LogP contribution in [0, 0.1) is 5.92 Å². The molecular formula is C19H25F3N2O2. The Morgan fingerprint density at radius 2 is 2.04 bits per heavy atom. The predicted octanol–water partition coefficient (Wildman–Crippen LogP) is 3.93. The van der Waals surface area contributed by atoms with E-state index >= 15 is 0 Å². The van der Waals surface area contributed by atoms with E-state index in [4.69, 9.17) is 0 Å². The largest absolute Gasteiger partial charge is 0.416 e. The fourth-order valence-corrected chi connectivity index (χ4v) is 3.10. The van der Waals surface area contributed by atoms with Crippen molar-refractivity contribution in [2.45, 2.75) is 52.1 Å². The molecule has 1 aromatic rings. The number of benzene rings is 1. The third-order valence-electron chi connectivity index (χ3n) is 4.61. The highest BCUT2D eigenvalue weighted by atomic mass is 19.4. The molecule has 0 aromatic heterocycles. The van der Waals surface area contributed by atoms with Gasteiger partial charge in [-0.25, -0.2) is 0 Å². The summed E-state index contributed by atoms with van der Waals surface area (Å²) in [6, 6.07) is 3.57. The lowest BCUT2D eigenvalue weighted by atomic mass is 10.0. The highest BCUT2D eigenvalue weighted by molar-refractivity contribution is 5.97. The molecule has 0 saturated heterocycles. The van der Waals surface area contributed by atoms with Crippen molar-refractivity contribution in [1.82, 2.24) is 5.32 Å². The predicted molar refractivity (Wildman–Crippen MR) is 93.8 cm³/mol. The van der Waals surface area contributed by atoms with Gasteiger partial charge in [-0.2, -0.15) is 13.2 Å². The first-order valence-corrected chi connectivity index (χ1v) is 9.02. The Hall–Kier alpha value is -2.05. The Balaban J connectivity index is 1.96. The van der Waals surface area contributed by atoms with Crippen molar-refractivity contribution in [1.29, 1.82) is 0 Å². The van der Waals surface area contributed by atoms with Crippen LogP contribution in [0.15, 0.2) is 18.2 Å². The standard InChI is InChI=1S/C19H25F3N2O2/c1-3-10-23-17(25)6-4-5-13(2)18(26)24-11-9-14-7-8-15(12-16(14)24)19(20,21)22/h7-8,12-13H,3-6,9-11H2,1-2H3,(H,23,25). The van der Waals surface area contributed by atoms with Gasteiger partial charge in [-0.15, -0.1) is 0 Å². The summed E-state index contributed by atoms with van der Waals surface area (Å²) in [6.45, 7) is 4.77. The molecule has 7 heteroatoms. The van der Waals surface area contributed by atoms with Gasteiger partial charge >= 0.3 is 6.18 Å². The Kier molecular flexibility index (Phi) is 6.67. The number of carbonyl (C=O) groups excluding carboxylic acids is 2. The topological polar surface area (TPSA) is 49.4 Å². The SMILES string of the molecule is CCCNC(=O)CCCC(C)C(=O)N1CCc2ccc(C(F)(F)F)cc21. The molecular weight excluding hydrogens is 345 g/mol. The molecule has 1 atom stereocenters. The maximum Gasteiger partial charge on any atom is 0.416 e. The maximum absolute atomic E-state index is 12.9. The lowest BCUT2D eigenvalue weighted by molar-refractivity contribution is -0.137. The van der Waals surface area contributed by atoms with Crippen LogP contribution in [0.4, 0.5) is 18.9 Å². The van der Waals surface area contributed by atoms with Crippen LogP contribution in [0.3, 0.4) is 0 Å². The van der Waals surface area contributed by atoms with Crippen molar-refractivity contribution in [3.05, 3.63) is 29.3 Å². The lowest BCUT2D eigenvalue weighted by Crippen LogP contribution is -2.34. The van der Waals surface area contributed by atoms with Crippen molar-refractivity contribution in [3.63, 3.8) is 0 Å². The van der Waals surface area contributed by atoms with Crippen molar-refractivity contribution in [3.8, 4) is 0 Å². The molecule has 4 nitrogen and oxygen atoms in total. The smallest absolute Gasteiger partial charge is 0.356 e. The number of alkyl halides is 3. The molecule has 2 amide bonds. The number of anilines is 1. The summed E-state index contributed by atoms with van der Waals surface area (Å²) in [5, 5.41) is 2.78. The van der Waals surface area contributed by atoms with Gasteiger partial charge in [0, 0.05) is 31.1 Å². The van der Waals surface area contributed by atoms with E-state index < -0.39 is 11.7 Å². The van der Waals surface area contributed by atoms with Gasteiger partial charge in [-0.1, -0.05) is 19.9 Å². The van der Waals surface area contributed by atoms with Crippen LogP contribution in [-0.2, 0) is 22.2 Å². The van der Waals surface area contributed by atoms with E-state index in [1.165, 1.54) is 11.0 Å². The molecule has 1 N–H and O–H groups in total. The minimum absolute atomic E-state index is 0.0344. The summed E-state index contributed by atoms with van der Waals surface area (Å²) < 4.78 is 38.8. The monoisotopic (exact) mass is 370 g/mol. The van der Waals surface area contributed by atoms with Gasteiger partial charge in [-0.05, 0) is 43.4 Å². The number of nitrogens with one attached hydrogen (secondary N) is 1. The fraction of sp³-hybridized carbons (Fsp3) is 0.579. The normalized spacial score (nSPS) is 14.9. The first-order chi connectivity index (χ1) is 12.2. The van der Waals surface area contributed by atoms with Gasteiger partial charge < -0.3 is 10.2 Å². The van der Waals surface area contributed by atoms with Crippen molar-refractivity contribution < 1.29 is 22.8 Å². The van der Waals surface area contributed by atoms with Crippen molar-refractivity contribution in [2.75, 3.05) is 18.0 Å². The molecule has 0 spiro atoms. The average Bonchev–Trinajstić information content (AvgIpc) is 3.01. The quantitative estimate of drug-likeness (QED) is 0.791. The highest BCUT2D eigenvalue weighted by Gasteiger charge is 2.34. The number of amides is 2. The van der Waals surface area contributed by atoms with E-state index in [-0.39, 0.29) is 17.7 Å². The van der Waals surface area contributed by atoms with Crippen LogP contribution in [-0.4, -0.2) is 24.9 Å². The summed E-state index contributed by atoms with van der Waals surface area (Å²) >= 11 is 0. The van der Waals surface area contributed by atoms with Crippen LogP contribution in [0.25, 0.3) is 0 Å². The van der Waals surface area contributed by atoms with Gasteiger partial charge in [0.2, 0.25) is 11.8 Å². The molecule has 0 bridgehead atoms. The van der Waals surface area contributed by atoms with E-state index in [1.807, 2.05) is 6.92 Å². The van der Waals surface area contributed by atoms with Gasteiger partial charge in [-0.3, -0.25) is 9.59 Å². The molecule has 144 valence electrons. The Morgan fingerprint density at radius 1 is 1.31 bits per heavy atom. The summed E-state index contributed by atoms with van der Waals surface area (Å²) in [6.07, 6.45) is -1.54. The Labute approximate surface area is 151 Å². The van der Waals surface area contributed by atoms with Crippen LogP contribution in [0.5, 0.6) is 0 Å². The summed E-state index contributed by atoms with van der Waals surface area (Å²) in [5.41, 5.74) is 0.381. The van der Waals surface area contributed by atoms with Crippen LogP contribution < -0.4 is 10.2 Å². The van der Waals surface area contributed by atoms with Gasteiger partial charge in [0.05, 0.1) is 5.56 Å². The fourth-order valence-electron chi connectivity index (χ4n) is 3.10. The number of nitrogens with zero attached hydrogens (tertiary/aromatic N) is 1. The number of hydrogen-bond acceptors (Lipinski definition) is 2. The number of carbonyl (C=O) groups is 2. The maximum atomic E-state index is 12.9. The first kappa shape index (κ1) is 20.3. The van der Waals surface area contributed by atoms with E-state index in [0.29, 0.717) is 44.5 Å². The number of hydrogen-bond donors (Lipinski definition) is 1. The van der Waals surface area contributed by atoms with Gasteiger partial charge in [0.1, 0.15) is 0 Å². The molecule has 0 radical (unpaired) electrons. The number of fused-ring (bicyclic) bond motifs is 1. The van der Waals surface area contributed by atoms with Crippen molar-refractivity contribution in [2.24, 2.45) is 5.92 Å². The molecule has 1 aliphatic rings. The van der Waals surface area contributed by atoms with Gasteiger partial charge in [0.15, 0.2) is 0 Å². The molecule has 1 aliphatic heterocycles. The van der Waals surface area contributed by atoms with Crippen LogP contribution in [0.2, 0.25) is 0 Å². The van der Waals surface area contributed by atoms with Crippen LogP contribution >= 0.6 is 0 Å². The zero-order chi connectivity index (χ0) is 19.3. The van der Waals surface area contributed by atoms with E-state index in [2.05, 4.69) is 5.32 Å². The molecule has 0 fully saturated rings. The molecule has 0 aliphatic carbocycles. The summed E-state index contributed by atoms with van der Waals surface area (Å²) in [4.78, 5) is 25.7. The third-order valence-corrected chi connectivity index (χ3v) is 4.61. The first-order valence-electron chi connectivity index (χ1n) is 9.02. The Bertz CT molecular complexity index is 659. The van der Waals surface area contributed by atoms with E-state index in [0.717, 1.165) is 24.1 Å². The summed E-state index contributed by atoms with van der Waals surface area (Å²) in [7, 11) is 0. The van der Waals surface area contributed by atoms with E-state index in [1.54, 1.807) is 6.92 Å². The molecule has 2 rings (SSSR count). The second-order valence-corrected chi connectivity index (χ2v) is 6.72. The number of rotatable bonds is 7. The number of halogens is 3. The second kappa shape index (κ2) is 8.56. The lowest BCUT2D eigenvalue weighted by Gasteiger charge is -2.22. The molecule has 1 heterocycles. The molecule has 26 heavy (non-hydrogen) atoms. The zero-order valence-electron chi connectivity index (χ0n) is 15.2. The van der Waals surface area contributed by atoms with Crippen molar-refractivity contribution >= 4 is 17.5 Å². The summed E-state index contributed by atoms with van der Waals surface area (Å²) in [5.74, 6) is -0.556. The molecule has 0 saturated carbocycles. The second-order valence-electron chi connectivity index (χ2n) is 6.72. The van der Waals surface area contributed by atoms with Gasteiger partial charge in [0.25, 0.3) is 0 Å². The average molecular weight is 370 g/mol. The zero-order valence-corrected chi connectivity index (χ0v) is 15.2.